The SMILES string of the molecule is C[Si]1(C)c2cc(N(c3ccc4oc5ccccc5c4c3)c3cccc4ccccc34)ccc2-c2cc3ccc(N(c4ccc5oc6ccccc6c5c4)c4cccc5ccccc45)cc3c3cccc1c23. The molecule has 0 spiro atoms. The molecule has 15 rings (SSSR count). The first-order valence-corrected chi connectivity index (χ1v) is 27.5. The average molecular weight is 925 g/mol. The molecule has 334 valence electrons. The van der Waals surface area contributed by atoms with Crippen molar-refractivity contribution >= 4 is 140 Å². The zero-order valence-electron chi connectivity index (χ0n) is 39.2. The van der Waals surface area contributed by atoms with Gasteiger partial charge in [-0.1, -0.05) is 153 Å². The van der Waals surface area contributed by atoms with Crippen molar-refractivity contribution < 1.29 is 8.83 Å². The molecule has 0 radical (unpaired) electrons. The summed E-state index contributed by atoms with van der Waals surface area (Å²) in [6.07, 6.45) is 0. The first-order chi connectivity index (χ1) is 34.9. The van der Waals surface area contributed by atoms with Gasteiger partial charge >= 0.3 is 0 Å². The van der Waals surface area contributed by atoms with Gasteiger partial charge in [-0.25, -0.2) is 0 Å². The Morgan fingerprint density at radius 3 is 1.35 bits per heavy atom. The molecular weight excluding hydrogens is 881 g/mol. The summed E-state index contributed by atoms with van der Waals surface area (Å²) in [6.45, 7) is 5.08. The van der Waals surface area contributed by atoms with E-state index in [-0.39, 0.29) is 0 Å². The van der Waals surface area contributed by atoms with Crippen LogP contribution in [0.4, 0.5) is 34.1 Å². The van der Waals surface area contributed by atoms with E-state index in [2.05, 4.69) is 241 Å². The summed E-state index contributed by atoms with van der Waals surface area (Å²) in [6, 6.07) is 84.5. The molecule has 0 N–H and O–H groups in total. The monoisotopic (exact) mass is 924 g/mol. The van der Waals surface area contributed by atoms with Crippen molar-refractivity contribution in [1.29, 1.82) is 0 Å². The fraction of sp³-hybridized carbons (Fsp3) is 0.0303. The molecule has 0 atom stereocenters. The van der Waals surface area contributed by atoms with Crippen molar-refractivity contribution in [2.45, 2.75) is 13.1 Å². The largest absolute Gasteiger partial charge is 0.456 e. The van der Waals surface area contributed by atoms with Crippen LogP contribution in [0.2, 0.25) is 13.1 Å². The molecule has 0 unspecified atom stereocenters. The fourth-order valence-corrected chi connectivity index (χ4v) is 15.1. The Kier molecular flexibility index (Phi) is 8.48. The van der Waals surface area contributed by atoms with E-state index in [0.717, 1.165) is 78.0 Å². The van der Waals surface area contributed by atoms with Crippen LogP contribution in [0, 0.1) is 0 Å². The van der Waals surface area contributed by atoms with E-state index in [1.807, 2.05) is 12.1 Å². The lowest BCUT2D eigenvalue weighted by Crippen LogP contribution is -2.56. The third-order valence-electron chi connectivity index (χ3n) is 15.4. The summed E-state index contributed by atoms with van der Waals surface area (Å²) in [4.78, 5) is 4.89. The van der Waals surface area contributed by atoms with E-state index < -0.39 is 8.07 Å². The lowest BCUT2D eigenvalue weighted by Gasteiger charge is -2.36. The van der Waals surface area contributed by atoms with Crippen LogP contribution in [0.15, 0.2) is 239 Å². The molecule has 1 aliphatic rings. The summed E-state index contributed by atoms with van der Waals surface area (Å²) in [5.41, 5.74) is 12.9. The molecule has 0 saturated heterocycles. The summed E-state index contributed by atoms with van der Waals surface area (Å²) in [5, 5.41) is 17.3. The molecule has 14 aromatic rings. The van der Waals surface area contributed by atoms with Gasteiger partial charge in [0.15, 0.2) is 0 Å². The zero-order valence-corrected chi connectivity index (χ0v) is 40.2. The van der Waals surface area contributed by atoms with Gasteiger partial charge in [-0.3, -0.25) is 0 Å². The highest BCUT2D eigenvalue weighted by molar-refractivity contribution is 7.03. The molecule has 3 heterocycles. The molecule has 1 aliphatic heterocycles. The highest BCUT2D eigenvalue weighted by Gasteiger charge is 2.37. The van der Waals surface area contributed by atoms with Crippen LogP contribution in [-0.2, 0) is 0 Å². The van der Waals surface area contributed by atoms with Crippen molar-refractivity contribution in [1.82, 2.24) is 0 Å². The smallest absolute Gasteiger partial charge is 0.135 e. The molecule has 0 aliphatic carbocycles. The standard InChI is InChI=1S/C66H44N2O2Si/c1-71(2)64-27-13-22-53-54-37-44(67(58-23-11-16-41-14-3-5-18-48(41)58)45-31-34-62-55(38-45)50-20-7-9-25-60(50)69-62)29-28-43(54)36-57(66(53)64)52-33-30-47(40-65(52)71)68(59-24-12-17-42-15-4-6-19-49(42)59)46-32-35-63-56(39-46)51-21-8-10-26-61(51)70-63/h3-40H,1-2H3. The molecule has 0 fully saturated rings. The molecule has 0 bridgehead atoms. The summed E-state index contributed by atoms with van der Waals surface area (Å²) >= 11 is 0. The second-order valence-corrected chi connectivity index (χ2v) is 24.0. The van der Waals surface area contributed by atoms with E-state index in [0.29, 0.717) is 0 Å². The fourth-order valence-electron chi connectivity index (χ4n) is 12.0. The van der Waals surface area contributed by atoms with E-state index in [4.69, 9.17) is 8.83 Å². The number of rotatable bonds is 6. The maximum absolute atomic E-state index is 6.34. The van der Waals surface area contributed by atoms with Crippen molar-refractivity contribution in [3.8, 4) is 11.1 Å². The van der Waals surface area contributed by atoms with Gasteiger partial charge in [-0.05, 0) is 145 Å². The van der Waals surface area contributed by atoms with E-state index in [9.17, 15) is 0 Å². The number of para-hydroxylation sites is 2. The van der Waals surface area contributed by atoms with Gasteiger partial charge in [0, 0.05) is 55.1 Å². The zero-order chi connectivity index (χ0) is 47.0. The Hall–Kier alpha value is -8.90. The third-order valence-corrected chi connectivity index (χ3v) is 18.9. The number of fused-ring (bicyclic) bond motifs is 12. The quantitative estimate of drug-likeness (QED) is 0.123. The summed E-state index contributed by atoms with van der Waals surface area (Å²) < 4.78 is 12.7. The number of hydrogen-bond acceptors (Lipinski definition) is 4. The van der Waals surface area contributed by atoms with Crippen LogP contribution >= 0.6 is 0 Å². The van der Waals surface area contributed by atoms with Crippen LogP contribution in [0.25, 0.3) is 98.1 Å². The highest BCUT2D eigenvalue weighted by atomic mass is 28.3. The van der Waals surface area contributed by atoms with E-state index >= 15 is 0 Å². The third kappa shape index (κ3) is 5.97. The Morgan fingerprint density at radius 2 is 0.746 bits per heavy atom. The van der Waals surface area contributed by atoms with Crippen molar-refractivity contribution in [3.63, 3.8) is 0 Å². The van der Waals surface area contributed by atoms with E-state index in [1.165, 1.54) is 64.6 Å². The molecule has 71 heavy (non-hydrogen) atoms. The predicted molar refractivity (Wildman–Crippen MR) is 303 cm³/mol. The van der Waals surface area contributed by atoms with Crippen molar-refractivity contribution in [2.24, 2.45) is 0 Å². The summed E-state index contributed by atoms with van der Waals surface area (Å²) in [5.74, 6) is 0. The van der Waals surface area contributed by atoms with Gasteiger partial charge in [0.2, 0.25) is 0 Å². The normalized spacial score (nSPS) is 13.0. The van der Waals surface area contributed by atoms with Crippen molar-refractivity contribution in [3.05, 3.63) is 231 Å². The number of hydrogen-bond donors (Lipinski definition) is 0. The van der Waals surface area contributed by atoms with Crippen LogP contribution in [-0.4, -0.2) is 8.07 Å². The number of nitrogens with zero attached hydrogens (tertiary/aromatic N) is 2. The molecule has 5 heteroatoms. The van der Waals surface area contributed by atoms with Crippen LogP contribution in [0.3, 0.4) is 0 Å². The Labute approximate surface area is 410 Å². The molecule has 0 saturated carbocycles. The molecule has 0 amide bonds. The van der Waals surface area contributed by atoms with Gasteiger partial charge in [0.1, 0.15) is 30.4 Å². The number of furan rings is 2. The molecule has 12 aromatic carbocycles. The first-order valence-electron chi connectivity index (χ1n) is 24.5. The Bertz CT molecular complexity index is 4530. The van der Waals surface area contributed by atoms with Crippen LogP contribution in [0.5, 0.6) is 0 Å². The average Bonchev–Trinajstić information content (AvgIpc) is 3.99. The maximum atomic E-state index is 6.34. The lowest BCUT2D eigenvalue weighted by atomic mass is 9.92. The van der Waals surface area contributed by atoms with E-state index in [1.54, 1.807) is 0 Å². The predicted octanol–water partition coefficient (Wildman–Crippen LogP) is 17.8. The molecule has 4 nitrogen and oxygen atoms in total. The minimum absolute atomic E-state index is 0.886. The Balaban J connectivity index is 0.921. The van der Waals surface area contributed by atoms with Gasteiger partial charge in [0.25, 0.3) is 0 Å². The first kappa shape index (κ1) is 40.0. The minimum Gasteiger partial charge on any atom is -0.456 e. The van der Waals surface area contributed by atoms with Crippen LogP contribution < -0.4 is 20.2 Å². The van der Waals surface area contributed by atoms with Gasteiger partial charge in [0.05, 0.1) is 11.4 Å². The number of anilines is 6. The molecular formula is C66H44N2O2Si. The van der Waals surface area contributed by atoms with Crippen molar-refractivity contribution in [2.75, 3.05) is 9.80 Å². The van der Waals surface area contributed by atoms with Gasteiger partial charge in [-0.2, -0.15) is 0 Å². The second-order valence-electron chi connectivity index (χ2n) is 19.6. The number of benzene rings is 12. The van der Waals surface area contributed by atoms with Crippen LogP contribution in [0.1, 0.15) is 0 Å². The molecule has 2 aromatic heterocycles. The second kappa shape index (κ2) is 15.0. The van der Waals surface area contributed by atoms with Gasteiger partial charge < -0.3 is 18.6 Å². The topological polar surface area (TPSA) is 32.8 Å². The lowest BCUT2D eigenvalue weighted by molar-refractivity contribution is 0.668. The minimum atomic E-state index is -2.33. The Morgan fingerprint density at radius 1 is 0.296 bits per heavy atom. The van der Waals surface area contributed by atoms with Gasteiger partial charge in [-0.15, -0.1) is 0 Å². The summed E-state index contributed by atoms with van der Waals surface area (Å²) in [7, 11) is -2.33. The highest BCUT2D eigenvalue weighted by Crippen LogP contribution is 2.47. The maximum Gasteiger partial charge on any atom is 0.135 e.